The molecule has 2 amide bonds. The number of benzene rings is 1. The molecule has 1 saturated heterocycles. The van der Waals surface area contributed by atoms with Crippen LogP contribution in [0.3, 0.4) is 0 Å². The van der Waals surface area contributed by atoms with Crippen LogP contribution < -0.4 is 5.32 Å². The second-order valence-electron chi connectivity index (χ2n) is 7.20. The third kappa shape index (κ3) is 6.32. The molecule has 1 atom stereocenters. The van der Waals surface area contributed by atoms with Gasteiger partial charge in [-0.3, -0.25) is 9.88 Å². The lowest BCUT2D eigenvalue weighted by molar-refractivity contribution is 0.0206. The van der Waals surface area contributed by atoms with E-state index in [0.29, 0.717) is 25.7 Å². The molecule has 1 aliphatic rings. The number of hydrogen-bond acceptors (Lipinski definition) is 4. The number of nitrogens with one attached hydrogen (secondary N) is 1. The molecule has 0 bridgehead atoms. The fourth-order valence-electron chi connectivity index (χ4n) is 3.37. The highest BCUT2D eigenvalue weighted by Crippen LogP contribution is 2.08. The molecule has 0 aliphatic carbocycles. The second kappa shape index (κ2) is 10.8. The fraction of sp³-hybridized carbons (Fsp3) is 0.455. The highest BCUT2D eigenvalue weighted by atomic mass is 16.5. The minimum atomic E-state index is -0.0279. The van der Waals surface area contributed by atoms with Crippen molar-refractivity contribution in [2.24, 2.45) is 0 Å². The molecule has 1 aliphatic heterocycles. The number of morpholine rings is 1. The summed E-state index contributed by atoms with van der Waals surface area (Å²) in [5.74, 6) is 0. The van der Waals surface area contributed by atoms with E-state index >= 15 is 0 Å². The van der Waals surface area contributed by atoms with E-state index < -0.39 is 0 Å². The van der Waals surface area contributed by atoms with Crippen LogP contribution in [0.2, 0.25) is 0 Å². The van der Waals surface area contributed by atoms with Crippen molar-refractivity contribution in [3.05, 3.63) is 66.0 Å². The van der Waals surface area contributed by atoms with Gasteiger partial charge in [0.2, 0.25) is 0 Å². The predicted molar refractivity (Wildman–Crippen MR) is 110 cm³/mol. The lowest BCUT2D eigenvalue weighted by atomic mass is 10.1. The van der Waals surface area contributed by atoms with E-state index in [9.17, 15) is 4.79 Å². The number of nitrogens with zero attached hydrogens (tertiary/aromatic N) is 3. The SMILES string of the molecule is C[C@@H](CNC(=O)N(CCc1ccccc1)Cc1cccnc1)N1CCOCC1. The number of aromatic nitrogens is 1. The van der Waals surface area contributed by atoms with Crippen molar-refractivity contribution in [3.63, 3.8) is 0 Å². The van der Waals surface area contributed by atoms with Gasteiger partial charge in [-0.1, -0.05) is 36.4 Å². The largest absolute Gasteiger partial charge is 0.379 e. The van der Waals surface area contributed by atoms with Crippen molar-refractivity contribution in [1.82, 2.24) is 20.1 Å². The zero-order chi connectivity index (χ0) is 19.6. The third-order valence-corrected chi connectivity index (χ3v) is 5.11. The molecular weight excluding hydrogens is 352 g/mol. The van der Waals surface area contributed by atoms with Gasteiger partial charge in [0.1, 0.15) is 0 Å². The summed E-state index contributed by atoms with van der Waals surface area (Å²) in [6.45, 7) is 7.38. The topological polar surface area (TPSA) is 57.7 Å². The third-order valence-electron chi connectivity index (χ3n) is 5.11. The maximum Gasteiger partial charge on any atom is 0.317 e. The van der Waals surface area contributed by atoms with Crippen LogP contribution in [-0.4, -0.2) is 66.2 Å². The summed E-state index contributed by atoms with van der Waals surface area (Å²) in [5.41, 5.74) is 2.26. The second-order valence-corrected chi connectivity index (χ2v) is 7.20. The van der Waals surface area contributed by atoms with Crippen LogP contribution in [0.15, 0.2) is 54.9 Å². The molecular formula is C22H30N4O2. The van der Waals surface area contributed by atoms with Gasteiger partial charge < -0.3 is 15.0 Å². The molecule has 150 valence electrons. The first kappa shape index (κ1) is 20.3. The molecule has 28 heavy (non-hydrogen) atoms. The minimum Gasteiger partial charge on any atom is -0.379 e. The van der Waals surface area contributed by atoms with Crippen molar-refractivity contribution < 1.29 is 9.53 Å². The number of urea groups is 1. The Morgan fingerprint density at radius 2 is 1.93 bits per heavy atom. The van der Waals surface area contributed by atoms with Gasteiger partial charge in [0.05, 0.1) is 13.2 Å². The van der Waals surface area contributed by atoms with Gasteiger partial charge in [-0.05, 0) is 30.5 Å². The molecule has 1 aromatic heterocycles. The monoisotopic (exact) mass is 382 g/mol. The van der Waals surface area contributed by atoms with Crippen molar-refractivity contribution in [1.29, 1.82) is 0 Å². The average molecular weight is 383 g/mol. The predicted octanol–water partition coefficient (Wildman–Crippen LogP) is 2.56. The Morgan fingerprint density at radius 1 is 1.18 bits per heavy atom. The van der Waals surface area contributed by atoms with Crippen LogP contribution in [0, 0.1) is 0 Å². The number of carbonyl (C=O) groups is 1. The molecule has 0 radical (unpaired) electrons. The molecule has 1 aromatic carbocycles. The molecule has 3 rings (SSSR count). The average Bonchev–Trinajstić information content (AvgIpc) is 2.76. The number of pyridine rings is 1. The number of ether oxygens (including phenoxy) is 1. The van der Waals surface area contributed by atoms with E-state index in [1.54, 1.807) is 6.20 Å². The van der Waals surface area contributed by atoms with E-state index in [1.807, 2.05) is 41.4 Å². The Balaban J connectivity index is 1.57. The Kier molecular flexibility index (Phi) is 7.82. The van der Waals surface area contributed by atoms with Crippen molar-refractivity contribution >= 4 is 6.03 Å². The van der Waals surface area contributed by atoms with Gasteiger partial charge in [0.25, 0.3) is 0 Å². The summed E-state index contributed by atoms with van der Waals surface area (Å²) in [6, 6.07) is 14.4. The van der Waals surface area contributed by atoms with E-state index in [4.69, 9.17) is 4.74 Å². The van der Waals surface area contributed by atoms with Crippen LogP contribution in [0.5, 0.6) is 0 Å². The van der Waals surface area contributed by atoms with Crippen molar-refractivity contribution in [2.45, 2.75) is 25.9 Å². The summed E-state index contributed by atoms with van der Waals surface area (Å²) in [7, 11) is 0. The van der Waals surface area contributed by atoms with E-state index in [1.165, 1.54) is 5.56 Å². The van der Waals surface area contributed by atoms with Crippen LogP contribution >= 0.6 is 0 Å². The summed E-state index contributed by atoms with van der Waals surface area (Å²) in [4.78, 5) is 21.3. The Labute approximate surface area is 167 Å². The molecule has 6 nitrogen and oxygen atoms in total. The zero-order valence-electron chi connectivity index (χ0n) is 16.6. The van der Waals surface area contributed by atoms with E-state index in [-0.39, 0.29) is 6.03 Å². The Morgan fingerprint density at radius 3 is 2.64 bits per heavy atom. The molecule has 1 fully saturated rings. The van der Waals surface area contributed by atoms with Crippen molar-refractivity contribution in [2.75, 3.05) is 39.4 Å². The molecule has 1 N–H and O–H groups in total. The minimum absolute atomic E-state index is 0.0279. The van der Waals surface area contributed by atoms with Crippen LogP contribution in [0.25, 0.3) is 0 Å². The number of hydrogen-bond donors (Lipinski definition) is 1. The molecule has 0 saturated carbocycles. The van der Waals surface area contributed by atoms with Gasteiger partial charge in [0.15, 0.2) is 0 Å². The first-order chi connectivity index (χ1) is 13.7. The lowest BCUT2D eigenvalue weighted by Crippen LogP contribution is -2.49. The van der Waals surface area contributed by atoms with Crippen LogP contribution in [-0.2, 0) is 17.7 Å². The van der Waals surface area contributed by atoms with Crippen LogP contribution in [0.4, 0.5) is 4.79 Å². The fourth-order valence-corrected chi connectivity index (χ4v) is 3.37. The maximum atomic E-state index is 12.9. The molecule has 2 aromatic rings. The molecule has 0 unspecified atom stereocenters. The normalized spacial score (nSPS) is 15.8. The Hall–Kier alpha value is -2.44. The molecule has 0 spiro atoms. The highest BCUT2D eigenvalue weighted by molar-refractivity contribution is 5.74. The van der Waals surface area contributed by atoms with Gasteiger partial charge in [-0.25, -0.2) is 4.79 Å². The first-order valence-electron chi connectivity index (χ1n) is 10.00. The van der Waals surface area contributed by atoms with Gasteiger partial charge in [0, 0.05) is 51.2 Å². The van der Waals surface area contributed by atoms with Crippen molar-refractivity contribution in [3.8, 4) is 0 Å². The summed E-state index contributed by atoms with van der Waals surface area (Å²) in [6.07, 6.45) is 4.40. The standard InChI is InChI=1S/C22H30N4O2/c1-19(25-12-14-28-15-13-25)16-24-22(27)26(18-21-8-5-10-23-17-21)11-9-20-6-3-2-4-7-20/h2-8,10,17,19H,9,11-16,18H2,1H3,(H,24,27)/t19-/m0/s1. The Bertz CT molecular complexity index is 705. The molecule has 2 heterocycles. The zero-order valence-corrected chi connectivity index (χ0v) is 16.6. The van der Waals surface area contributed by atoms with Gasteiger partial charge >= 0.3 is 6.03 Å². The maximum absolute atomic E-state index is 12.9. The summed E-state index contributed by atoms with van der Waals surface area (Å²) >= 11 is 0. The summed E-state index contributed by atoms with van der Waals surface area (Å²) in [5, 5.41) is 3.12. The number of rotatable bonds is 8. The quantitative estimate of drug-likeness (QED) is 0.762. The smallest absolute Gasteiger partial charge is 0.317 e. The van der Waals surface area contributed by atoms with Gasteiger partial charge in [-0.2, -0.15) is 0 Å². The first-order valence-corrected chi connectivity index (χ1v) is 10.00. The summed E-state index contributed by atoms with van der Waals surface area (Å²) < 4.78 is 5.41. The van der Waals surface area contributed by atoms with E-state index in [2.05, 4.69) is 34.3 Å². The highest BCUT2D eigenvalue weighted by Gasteiger charge is 2.19. The van der Waals surface area contributed by atoms with Gasteiger partial charge in [-0.15, -0.1) is 0 Å². The number of carbonyl (C=O) groups excluding carboxylic acids is 1. The number of amides is 2. The van der Waals surface area contributed by atoms with E-state index in [0.717, 1.165) is 38.3 Å². The lowest BCUT2D eigenvalue weighted by Gasteiger charge is -2.33. The molecule has 6 heteroatoms. The van der Waals surface area contributed by atoms with Crippen LogP contribution in [0.1, 0.15) is 18.1 Å².